The number of carbonyl (C=O) groups excluding carboxylic acids is 5. The van der Waals surface area contributed by atoms with E-state index in [1.54, 1.807) is 25.4 Å². The van der Waals surface area contributed by atoms with Gasteiger partial charge in [0.2, 0.25) is 29.5 Å². The fraction of sp³-hybridized carbons (Fsp3) is 0.667. The van der Waals surface area contributed by atoms with E-state index in [2.05, 4.69) is 20.9 Å². The summed E-state index contributed by atoms with van der Waals surface area (Å²) in [6, 6.07) is 2.78. The molecule has 0 aliphatic rings. The van der Waals surface area contributed by atoms with Crippen LogP contribution in [0.2, 0.25) is 0 Å². The Balaban J connectivity index is 3.09. The van der Waals surface area contributed by atoms with Gasteiger partial charge in [0.1, 0.15) is 12.1 Å². The molecule has 6 N–H and O–H groups in total. The Morgan fingerprint density at radius 3 is 2.19 bits per heavy atom. The second kappa shape index (κ2) is 18.1. The van der Waals surface area contributed by atoms with Gasteiger partial charge in [-0.3, -0.25) is 29.0 Å². The van der Waals surface area contributed by atoms with E-state index in [1.807, 2.05) is 40.7 Å². The van der Waals surface area contributed by atoms with E-state index in [9.17, 15) is 29.1 Å². The molecule has 42 heavy (non-hydrogen) atoms. The Labute approximate surface area is 249 Å². The van der Waals surface area contributed by atoms with Crippen LogP contribution >= 0.6 is 0 Å². The summed E-state index contributed by atoms with van der Waals surface area (Å²) in [6.45, 7) is 11.0. The monoisotopic (exact) mass is 590 g/mol. The first-order valence-electron chi connectivity index (χ1n) is 14.7. The molecule has 12 heteroatoms. The van der Waals surface area contributed by atoms with Crippen LogP contribution < -0.4 is 21.7 Å². The number of primary amides is 1. The van der Waals surface area contributed by atoms with Gasteiger partial charge in [0.25, 0.3) is 0 Å². The number of nitrogens with two attached hydrogens (primary N) is 1. The first-order valence-corrected chi connectivity index (χ1v) is 14.7. The third-order valence-corrected chi connectivity index (χ3v) is 7.08. The van der Waals surface area contributed by atoms with Gasteiger partial charge < -0.3 is 31.7 Å². The van der Waals surface area contributed by atoms with Crippen LogP contribution in [0.1, 0.15) is 79.3 Å². The summed E-state index contributed by atoms with van der Waals surface area (Å²) in [4.78, 5) is 68.7. The van der Waals surface area contributed by atoms with Crippen LogP contribution in [0, 0.1) is 17.8 Å². The van der Waals surface area contributed by atoms with E-state index in [0.717, 1.165) is 0 Å². The summed E-state index contributed by atoms with van der Waals surface area (Å²) < 4.78 is 0. The zero-order valence-electron chi connectivity index (χ0n) is 26.1. The van der Waals surface area contributed by atoms with E-state index >= 15 is 0 Å². The minimum Gasteiger partial charge on any atom is -0.391 e. The average molecular weight is 591 g/mol. The molecule has 1 rings (SSSR count). The number of aromatic nitrogens is 1. The maximum Gasteiger partial charge on any atom is 0.243 e. The first kappa shape index (κ1) is 36.5. The highest BCUT2D eigenvalue weighted by atomic mass is 16.3. The highest BCUT2D eigenvalue weighted by Crippen LogP contribution is 2.25. The Hall–Kier alpha value is -3.54. The smallest absolute Gasteiger partial charge is 0.243 e. The normalized spacial score (nSPS) is 14.8. The lowest BCUT2D eigenvalue weighted by Gasteiger charge is -2.34. The summed E-state index contributed by atoms with van der Waals surface area (Å²) in [5.74, 6) is -3.22. The molecule has 0 aromatic carbocycles. The molecule has 0 aliphatic carbocycles. The number of nitrogens with one attached hydrogen (secondary N) is 3. The average Bonchev–Trinajstić information content (AvgIpc) is 2.91. The summed E-state index contributed by atoms with van der Waals surface area (Å²) in [6.07, 6.45) is 1.70. The molecular formula is C30H50N6O6. The van der Waals surface area contributed by atoms with E-state index in [1.165, 1.54) is 11.8 Å². The van der Waals surface area contributed by atoms with Crippen molar-refractivity contribution in [2.24, 2.45) is 23.5 Å². The first-order chi connectivity index (χ1) is 19.7. The lowest BCUT2D eigenvalue weighted by molar-refractivity contribution is -0.144. The minimum absolute atomic E-state index is 0.0352. The number of likely N-dealkylation sites (N-methyl/N-ethyl adjacent to an activating group) is 1. The van der Waals surface area contributed by atoms with Crippen molar-refractivity contribution < 1.29 is 29.1 Å². The van der Waals surface area contributed by atoms with Crippen LogP contribution in [0.5, 0.6) is 0 Å². The van der Waals surface area contributed by atoms with Crippen LogP contribution in [0.3, 0.4) is 0 Å². The van der Waals surface area contributed by atoms with Crippen molar-refractivity contribution in [2.45, 2.75) is 104 Å². The van der Waals surface area contributed by atoms with Crippen LogP contribution in [0.4, 0.5) is 0 Å². The molecule has 0 spiro atoms. The molecule has 0 fully saturated rings. The largest absolute Gasteiger partial charge is 0.391 e. The van der Waals surface area contributed by atoms with Crippen molar-refractivity contribution in [3.63, 3.8) is 0 Å². The molecule has 0 saturated carbocycles. The summed E-state index contributed by atoms with van der Waals surface area (Å²) in [5.41, 5.74) is 5.96. The Kier molecular flexibility index (Phi) is 15.7. The number of aliphatic hydroxyl groups is 1. The Morgan fingerprint density at radius 1 is 1.02 bits per heavy atom. The van der Waals surface area contributed by atoms with Crippen LogP contribution in [0.15, 0.2) is 24.4 Å². The quantitative estimate of drug-likeness (QED) is 0.170. The number of pyridine rings is 1. The number of hydrogen-bond acceptors (Lipinski definition) is 7. The second-order valence-corrected chi connectivity index (χ2v) is 11.6. The number of amides is 5. The van der Waals surface area contributed by atoms with Crippen molar-refractivity contribution in [2.75, 3.05) is 7.05 Å². The third kappa shape index (κ3) is 12.5. The summed E-state index contributed by atoms with van der Waals surface area (Å²) in [7, 11) is 1.60. The van der Waals surface area contributed by atoms with Crippen LogP contribution in [0.25, 0.3) is 0 Å². The van der Waals surface area contributed by atoms with Crippen molar-refractivity contribution in [3.8, 4) is 0 Å². The second-order valence-electron chi connectivity index (χ2n) is 11.6. The molecule has 236 valence electrons. The van der Waals surface area contributed by atoms with Crippen molar-refractivity contribution in [1.82, 2.24) is 25.8 Å². The maximum absolute atomic E-state index is 13.8. The third-order valence-electron chi connectivity index (χ3n) is 7.08. The lowest BCUT2D eigenvalue weighted by Crippen LogP contribution is -2.54. The van der Waals surface area contributed by atoms with E-state index in [-0.39, 0.29) is 36.6 Å². The molecule has 0 saturated heterocycles. The molecule has 1 aromatic heterocycles. The zero-order chi connectivity index (χ0) is 32.0. The topological polar surface area (TPSA) is 184 Å². The van der Waals surface area contributed by atoms with E-state index in [4.69, 9.17) is 5.73 Å². The van der Waals surface area contributed by atoms with Crippen molar-refractivity contribution in [3.05, 3.63) is 30.1 Å². The van der Waals surface area contributed by atoms with Crippen molar-refractivity contribution in [1.29, 1.82) is 0 Å². The molecule has 5 amide bonds. The van der Waals surface area contributed by atoms with Gasteiger partial charge in [0, 0.05) is 26.1 Å². The van der Waals surface area contributed by atoms with Crippen molar-refractivity contribution >= 4 is 29.5 Å². The summed E-state index contributed by atoms with van der Waals surface area (Å²) >= 11 is 0. The fourth-order valence-electron chi connectivity index (χ4n) is 4.83. The number of carbonyl (C=O) groups is 5. The number of hydrogen-bond donors (Lipinski definition) is 5. The van der Waals surface area contributed by atoms with Gasteiger partial charge >= 0.3 is 0 Å². The Bertz CT molecular complexity index is 1020. The molecule has 1 heterocycles. The molecule has 0 radical (unpaired) electrons. The molecule has 5 unspecified atom stereocenters. The zero-order valence-corrected chi connectivity index (χ0v) is 26.1. The van der Waals surface area contributed by atoms with Crippen LogP contribution in [-0.4, -0.2) is 75.8 Å². The predicted molar refractivity (Wildman–Crippen MR) is 159 cm³/mol. The van der Waals surface area contributed by atoms with Gasteiger partial charge in [-0.15, -0.1) is 0 Å². The SMILES string of the molecule is CCCC(C(=O)NCc1ccccn1)N(C)C(=O)C(CC(O)C(CC(C)C)NC(=O)C(CC(N)=O)NC(C)=O)C(C)C. The lowest BCUT2D eigenvalue weighted by atomic mass is 9.84. The molecule has 5 atom stereocenters. The van der Waals surface area contributed by atoms with Crippen LogP contribution in [-0.2, 0) is 30.5 Å². The standard InChI is InChI=1S/C30H50N6O6/c1-8-11-25(29(41)33-17-21-12-9-10-13-32-21)36(7)30(42)22(19(4)5)15-26(38)23(14-18(2)3)35-28(40)24(16-27(31)39)34-20(6)37/h9-10,12-13,18-19,22-26,38H,8,11,14-17H2,1-7H3,(H2,31,39)(H,33,41)(H,34,37)(H,35,40). The minimum atomic E-state index is -1.19. The van der Waals surface area contributed by atoms with E-state index < -0.39 is 54.3 Å². The molecule has 12 nitrogen and oxygen atoms in total. The van der Waals surface area contributed by atoms with Gasteiger partial charge in [-0.2, -0.15) is 0 Å². The molecule has 0 aliphatic heterocycles. The highest BCUT2D eigenvalue weighted by Gasteiger charge is 2.36. The summed E-state index contributed by atoms with van der Waals surface area (Å²) in [5, 5.41) is 19.4. The number of rotatable bonds is 18. The van der Waals surface area contributed by atoms with E-state index in [0.29, 0.717) is 25.0 Å². The highest BCUT2D eigenvalue weighted by molar-refractivity contribution is 5.91. The van der Waals surface area contributed by atoms with Gasteiger partial charge in [-0.25, -0.2) is 0 Å². The van der Waals surface area contributed by atoms with Gasteiger partial charge in [0.15, 0.2) is 0 Å². The molecule has 0 bridgehead atoms. The van der Waals surface area contributed by atoms with Gasteiger partial charge in [0.05, 0.1) is 30.8 Å². The van der Waals surface area contributed by atoms with Gasteiger partial charge in [-0.1, -0.05) is 47.1 Å². The predicted octanol–water partition coefficient (Wildman–Crippen LogP) is 1.26. The Morgan fingerprint density at radius 2 is 1.69 bits per heavy atom. The molecular weight excluding hydrogens is 540 g/mol. The fourth-order valence-corrected chi connectivity index (χ4v) is 4.83. The maximum atomic E-state index is 13.8. The molecule has 1 aromatic rings. The number of nitrogens with zero attached hydrogens (tertiary/aromatic N) is 2. The number of aliphatic hydroxyl groups excluding tert-OH is 1. The van der Waals surface area contributed by atoms with Gasteiger partial charge in [-0.05, 0) is 43.2 Å².